The second kappa shape index (κ2) is 11.6. The van der Waals surface area contributed by atoms with Crippen molar-refractivity contribution in [3.8, 4) is 5.75 Å². The molecule has 7 heteroatoms. The first-order chi connectivity index (χ1) is 17.1. The molecule has 0 bridgehead atoms. The average Bonchev–Trinajstić information content (AvgIpc) is 2.89. The fourth-order valence-electron chi connectivity index (χ4n) is 4.51. The highest BCUT2D eigenvalue weighted by Crippen LogP contribution is 2.33. The molecule has 1 aromatic heterocycles. The van der Waals surface area contributed by atoms with Gasteiger partial charge >= 0.3 is 0 Å². The smallest absolute Gasteiger partial charge is 0.277 e. The lowest BCUT2D eigenvalue weighted by molar-refractivity contribution is -0.123. The van der Waals surface area contributed by atoms with Gasteiger partial charge < -0.3 is 10.1 Å². The van der Waals surface area contributed by atoms with Crippen molar-refractivity contribution in [3.05, 3.63) is 90.0 Å². The van der Waals surface area contributed by atoms with Crippen LogP contribution in [-0.2, 0) is 4.79 Å². The maximum absolute atomic E-state index is 15.2. The van der Waals surface area contributed by atoms with E-state index >= 15 is 4.39 Å². The summed E-state index contributed by atoms with van der Waals surface area (Å²) < 4.78 is 20.8. The highest BCUT2D eigenvalue weighted by Gasteiger charge is 2.36. The van der Waals surface area contributed by atoms with E-state index < -0.39 is 23.7 Å². The topological polar surface area (TPSA) is 71.5 Å². The van der Waals surface area contributed by atoms with Crippen molar-refractivity contribution in [3.63, 3.8) is 0 Å². The van der Waals surface area contributed by atoms with E-state index in [9.17, 15) is 9.59 Å². The number of halogens is 1. The summed E-state index contributed by atoms with van der Waals surface area (Å²) in [5.41, 5.74) is 0.687. The molecule has 3 aromatic rings. The third-order valence-corrected chi connectivity index (χ3v) is 6.17. The molecule has 1 aliphatic carbocycles. The van der Waals surface area contributed by atoms with Gasteiger partial charge in [0.1, 0.15) is 23.3 Å². The SMILES string of the molecule is CCOc1cccc(N(C(=O)c2ccccn2)[C@@H](C(=O)NC2CCCCC2)c2ccccc2F)c1. The van der Waals surface area contributed by atoms with Crippen LogP contribution in [0.2, 0.25) is 0 Å². The van der Waals surface area contributed by atoms with Crippen molar-refractivity contribution in [1.29, 1.82) is 0 Å². The van der Waals surface area contributed by atoms with E-state index in [2.05, 4.69) is 10.3 Å². The maximum Gasteiger partial charge on any atom is 0.277 e. The molecule has 35 heavy (non-hydrogen) atoms. The van der Waals surface area contributed by atoms with E-state index in [1.165, 1.54) is 17.2 Å². The summed E-state index contributed by atoms with van der Waals surface area (Å²) in [6.45, 7) is 2.31. The fraction of sp³-hybridized carbons (Fsp3) is 0.321. The molecule has 2 amide bonds. The Labute approximate surface area is 205 Å². The first-order valence-corrected chi connectivity index (χ1v) is 12.1. The molecule has 1 aliphatic rings. The summed E-state index contributed by atoms with van der Waals surface area (Å²) in [6, 6.07) is 16.8. The predicted octanol–water partition coefficient (Wildman–Crippen LogP) is 5.46. The predicted molar refractivity (Wildman–Crippen MR) is 133 cm³/mol. The highest BCUT2D eigenvalue weighted by molar-refractivity contribution is 6.09. The Hall–Kier alpha value is -3.74. The van der Waals surface area contributed by atoms with Crippen LogP contribution in [-0.4, -0.2) is 29.4 Å². The molecular formula is C28H30FN3O3. The van der Waals surface area contributed by atoms with Crippen LogP contribution >= 0.6 is 0 Å². The molecular weight excluding hydrogens is 445 g/mol. The van der Waals surface area contributed by atoms with Gasteiger partial charge in [0.25, 0.3) is 5.91 Å². The molecule has 0 spiro atoms. The van der Waals surface area contributed by atoms with Gasteiger partial charge in [0, 0.05) is 29.6 Å². The Morgan fingerprint density at radius 1 is 1.06 bits per heavy atom. The molecule has 4 rings (SSSR count). The van der Waals surface area contributed by atoms with Crippen LogP contribution in [0.25, 0.3) is 0 Å². The standard InChI is InChI=1S/C28H30FN3O3/c1-2-35-22-14-10-13-21(19-22)32(28(34)25-17-8-9-18-30-25)26(23-15-6-7-16-24(23)29)27(33)31-20-11-4-3-5-12-20/h6-10,13-20,26H,2-5,11-12H2,1H3,(H,31,33)/t26-/m1/s1. The van der Waals surface area contributed by atoms with Crippen molar-refractivity contribution in [2.45, 2.75) is 51.1 Å². The number of nitrogens with zero attached hydrogens (tertiary/aromatic N) is 2. The third kappa shape index (κ3) is 5.85. The molecule has 1 heterocycles. The number of rotatable bonds is 8. The minimum atomic E-state index is -1.23. The quantitative estimate of drug-likeness (QED) is 0.470. The number of anilines is 1. The van der Waals surface area contributed by atoms with E-state index in [1.54, 1.807) is 60.7 Å². The van der Waals surface area contributed by atoms with E-state index in [-0.39, 0.29) is 17.3 Å². The molecule has 1 N–H and O–H groups in total. The summed E-state index contributed by atoms with van der Waals surface area (Å²) in [4.78, 5) is 33.2. The van der Waals surface area contributed by atoms with Gasteiger partial charge in [0.05, 0.1) is 6.61 Å². The number of benzene rings is 2. The van der Waals surface area contributed by atoms with Crippen molar-refractivity contribution in [2.75, 3.05) is 11.5 Å². The van der Waals surface area contributed by atoms with Crippen LogP contribution in [0.1, 0.15) is 61.1 Å². The maximum atomic E-state index is 15.2. The highest BCUT2D eigenvalue weighted by atomic mass is 19.1. The second-order valence-corrected chi connectivity index (χ2v) is 8.59. The van der Waals surface area contributed by atoms with E-state index in [0.29, 0.717) is 18.0 Å². The lowest BCUT2D eigenvalue weighted by atomic mass is 9.94. The molecule has 182 valence electrons. The number of hydrogen-bond acceptors (Lipinski definition) is 4. The van der Waals surface area contributed by atoms with Gasteiger partial charge in [-0.15, -0.1) is 0 Å². The number of pyridine rings is 1. The summed E-state index contributed by atoms with van der Waals surface area (Å²) >= 11 is 0. The second-order valence-electron chi connectivity index (χ2n) is 8.59. The molecule has 0 unspecified atom stereocenters. The monoisotopic (exact) mass is 475 g/mol. The number of hydrogen-bond donors (Lipinski definition) is 1. The zero-order valence-electron chi connectivity index (χ0n) is 19.8. The zero-order chi connectivity index (χ0) is 24.6. The van der Waals surface area contributed by atoms with Crippen molar-refractivity contribution in [1.82, 2.24) is 10.3 Å². The van der Waals surface area contributed by atoms with Gasteiger partial charge in [-0.2, -0.15) is 0 Å². The van der Waals surface area contributed by atoms with E-state index in [4.69, 9.17) is 4.74 Å². The molecule has 0 saturated heterocycles. The lowest BCUT2D eigenvalue weighted by Crippen LogP contribution is -2.47. The van der Waals surface area contributed by atoms with Gasteiger partial charge in [-0.25, -0.2) is 4.39 Å². The molecule has 2 aromatic carbocycles. The molecule has 1 saturated carbocycles. The normalized spacial score (nSPS) is 14.7. The first kappa shape index (κ1) is 24.4. The number of nitrogens with one attached hydrogen (secondary N) is 1. The summed E-state index contributed by atoms with van der Waals surface area (Å²) in [7, 11) is 0. The number of amides is 2. The Bertz CT molecular complexity index is 1150. The minimum absolute atomic E-state index is 0.00733. The van der Waals surface area contributed by atoms with Gasteiger partial charge in [0.2, 0.25) is 5.91 Å². The summed E-state index contributed by atoms with van der Waals surface area (Å²) in [6.07, 6.45) is 6.44. The molecule has 6 nitrogen and oxygen atoms in total. The van der Waals surface area contributed by atoms with Crippen LogP contribution in [0.3, 0.4) is 0 Å². The molecule has 1 atom stereocenters. The van der Waals surface area contributed by atoms with E-state index in [0.717, 1.165) is 32.1 Å². The Morgan fingerprint density at radius 2 is 1.83 bits per heavy atom. The molecule has 1 fully saturated rings. The van der Waals surface area contributed by atoms with E-state index in [1.807, 2.05) is 6.92 Å². The third-order valence-electron chi connectivity index (χ3n) is 6.17. The zero-order valence-corrected chi connectivity index (χ0v) is 19.8. The number of aromatic nitrogens is 1. The van der Waals surface area contributed by atoms with Crippen LogP contribution in [0, 0.1) is 5.82 Å². The minimum Gasteiger partial charge on any atom is -0.494 e. The molecule has 0 aliphatic heterocycles. The number of carbonyl (C=O) groups excluding carboxylic acids is 2. The lowest BCUT2D eigenvalue weighted by Gasteiger charge is -2.33. The number of carbonyl (C=O) groups is 2. The molecule has 0 radical (unpaired) electrons. The number of ether oxygens (including phenoxy) is 1. The van der Waals surface area contributed by atoms with Gasteiger partial charge in [0.15, 0.2) is 0 Å². The van der Waals surface area contributed by atoms with Gasteiger partial charge in [-0.1, -0.05) is 49.6 Å². The Kier molecular flexibility index (Phi) is 8.08. The van der Waals surface area contributed by atoms with Crippen LogP contribution in [0.5, 0.6) is 5.75 Å². The van der Waals surface area contributed by atoms with Gasteiger partial charge in [-0.05, 0) is 50.1 Å². The summed E-state index contributed by atoms with van der Waals surface area (Å²) in [5.74, 6) is -0.945. The van der Waals surface area contributed by atoms with Crippen LogP contribution in [0.15, 0.2) is 72.9 Å². The summed E-state index contributed by atoms with van der Waals surface area (Å²) in [5, 5.41) is 3.09. The first-order valence-electron chi connectivity index (χ1n) is 12.1. The van der Waals surface area contributed by atoms with Crippen LogP contribution < -0.4 is 15.0 Å². The van der Waals surface area contributed by atoms with Crippen molar-refractivity contribution >= 4 is 17.5 Å². The Balaban J connectivity index is 1.83. The Morgan fingerprint density at radius 3 is 2.54 bits per heavy atom. The van der Waals surface area contributed by atoms with Crippen molar-refractivity contribution in [2.24, 2.45) is 0 Å². The van der Waals surface area contributed by atoms with Gasteiger partial charge in [-0.3, -0.25) is 19.5 Å². The van der Waals surface area contributed by atoms with Crippen molar-refractivity contribution < 1.29 is 18.7 Å². The average molecular weight is 476 g/mol. The fourth-order valence-corrected chi connectivity index (χ4v) is 4.51. The largest absolute Gasteiger partial charge is 0.494 e. The van der Waals surface area contributed by atoms with Crippen LogP contribution in [0.4, 0.5) is 10.1 Å².